The van der Waals surface area contributed by atoms with E-state index in [9.17, 15) is 0 Å². The maximum Gasteiger partial charge on any atom is -0.0260 e. The molecule has 0 aromatic heterocycles. The van der Waals surface area contributed by atoms with Gasteiger partial charge in [-0.15, -0.1) is 0 Å². The lowest BCUT2D eigenvalue weighted by atomic mass is 9.95. The summed E-state index contributed by atoms with van der Waals surface area (Å²) in [5.74, 6) is 0.751. The molecule has 0 atom stereocenters. The summed E-state index contributed by atoms with van der Waals surface area (Å²) >= 11 is 0. The van der Waals surface area contributed by atoms with E-state index in [0.29, 0.717) is 0 Å². The highest BCUT2D eigenvalue weighted by molar-refractivity contribution is 5.08. The Kier molecular flexibility index (Phi) is 3.41. The minimum absolute atomic E-state index is 0.751. The van der Waals surface area contributed by atoms with E-state index >= 15 is 0 Å². The molecule has 1 aliphatic rings. The lowest BCUT2D eigenvalue weighted by molar-refractivity contribution is 0.702. The predicted molar refractivity (Wildman–Crippen MR) is 50.5 cm³/mol. The van der Waals surface area contributed by atoms with E-state index in [-0.39, 0.29) is 0 Å². The molecule has 0 bridgehead atoms. The van der Waals surface area contributed by atoms with Gasteiger partial charge in [0.25, 0.3) is 0 Å². The lowest BCUT2D eigenvalue weighted by Gasteiger charge is -2.11. The van der Waals surface area contributed by atoms with Crippen LogP contribution < -0.4 is 0 Å². The van der Waals surface area contributed by atoms with Crippen LogP contribution in [0.5, 0.6) is 0 Å². The molecule has 0 amide bonds. The molecule has 62 valence electrons. The SMILES string of the molecule is CC(C)C1=CCCC=CCC1. The van der Waals surface area contributed by atoms with E-state index in [2.05, 4.69) is 32.1 Å². The quantitative estimate of drug-likeness (QED) is 0.500. The first kappa shape index (κ1) is 8.58. The third kappa shape index (κ3) is 2.92. The minimum Gasteiger partial charge on any atom is -0.0882 e. The summed E-state index contributed by atoms with van der Waals surface area (Å²) in [5.41, 5.74) is 1.65. The number of hydrogen-bond donors (Lipinski definition) is 0. The van der Waals surface area contributed by atoms with Crippen LogP contribution in [0.3, 0.4) is 0 Å². The van der Waals surface area contributed by atoms with Crippen LogP contribution in [-0.4, -0.2) is 0 Å². The van der Waals surface area contributed by atoms with Crippen molar-refractivity contribution >= 4 is 0 Å². The van der Waals surface area contributed by atoms with Crippen LogP contribution in [0.25, 0.3) is 0 Å². The molecule has 0 aromatic carbocycles. The molecule has 1 aliphatic carbocycles. The van der Waals surface area contributed by atoms with Crippen molar-refractivity contribution in [1.82, 2.24) is 0 Å². The van der Waals surface area contributed by atoms with Gasteiger partial charge in [-0.1, -0.05) is 37.6 Å². The van der Waals surface area contributed by atoms with Crippen LogP contribution >= 0.6 is 0 Å². The van der Waals surface area contributed by atoms with Gasteiger partial charge in [-0.2, -0.15) is 0 Å². The van der Waals surface area contributed by atoms with Gasteiger partial charge in [0.1, 0.15) is 0 Å². The lowest BCUT2D eigenvalue weighted by Crippen LogP contribution is -1.95. The first-order valence-corrected chi connectivity index (χ1v) is 4.64. The topological polar surface area (TPSA) is 0 Å². The minimum atomic E-state index is 0.751. The Morgan fingerprint density at radius 2 is 1.82 bits per heavy atom. The molecular formula is C11H18. The summed E-state index contributed by atoms with van der Waals surface area (Å²) in [5, 5.41) is 0. The molecular weight excluding hydrogens is 132 g/mol. The third-order valence-corrected chi connectivity index (χ3v) is 2.25. The van der Waals surface area contributed by atoms with Crippen molar-refractivity contribution in [3.63, 3.8) is 0 Å². The highest BCUT2D eigenvalue weighted by Crippen LogP contribution is 2.19. The first-order valence-electron chi connectivity index (χ1n) is 4.64. The normalized spacial score (nSPS) is 19.4. The van der Waals surface area contributed by atoms with Crippen LogP contribution in [-0.2, 0) is 0 Å². The van der Waals surface area contributed by atoms with Gasteiger partial charge >= 0.3 is 0 Å². The van der Waals surface area contributed by atoms with Crippen molar-refractivity contribution in [1.29, 1.82) is 0 Å². The zero-order valence-corrected chi connectivity index (χ0v) is 7.64. The summed E-state index contributed by atoms with van der Waals surface area (Å²) in [6, 6.07) is 0. The Labute approximate surface area is 70.0 Å². The van der Waals surface area contributed by atoms with Gasteiger partial charge in [-0.25, -0.2) is 0 Å². The fourth-order valence-electron chi connectivity index (χ4n) is 1.48. The van der Waals surface area contributed by atoms with Gasteiger partial charge in [-0.05, 0) is 31.6 Å². The van der Waals surface area contributed by atoms with Crippen LogP contribution in [0.2, 0.25) is 0 Å². The molecule has 0 spiro atoms. The Bertz CT molecular complexity index is 161. The van der Waals surface area contributed by atoms with Gasteiger partial charge in [-0.3, -0.25) is 0 Å². The molecule has 0 saturated heterocycles. The molecule has 0 saturated carbocycles. The molecule has 0 unspecified atom stereocenters. The summed E-state index contributed by atoms with van der Waals surface area (Å²) in [6.07, 6.45) is 12.0. The molecule has 11 heavy (non-hydrogen) atoms. The van der Waals surface area contributed by atoms with Gasteiger partial charge < -0.3 is 0 Å². The van der Waals surface area contributed by atoms with Crippen molar-refractivity contribution in [2.75, 3.05) is 0 Å². The van der Waals surface area contributed by atoms with Crippen molar-refractivity contribution in [3.8, 4) is 0 Å². The highest BCUT2D eigenvalue weighted by atomic mass is 14.1. The molecule has 0 heteroatoms. The third-order valence-electron chi connectivity index (χ3n) is 2.25. The average Bonchev–Trinajstić information content (AvgIpc) is 1.84. The van der Waals surface area contributed by atoms with Gasteiger partial charge in [0.05, 0.1) is 0 Å². The van der Waals surface area contributed by atoms with Gasteiger partial charge in [0, 0.05) is 0 Å². The van der Waals surface area contributed by atoms with E-state index in [1.807, 2.05) is 0 Å². The monoisotopic (exact) mass is 150 g/mol. The van der Waals surface area contributed by atoms with E-state index in [1.165, 1.54) is 25.7 Å². The fourth-order valence-corrected chi connectivity index (χ4v) is 1.48. The fraction of sp³-hybridized carbons (Fsp3) is 0.636. The van der Waals surface area contributed by atoms with E-state index in [1.54, 1.807) is 5.57 Å². The number of rotatable bonds is 1. The second-order valence-electron chi connectivity index (χ2n) is 3.52. The largest absolute Gasteiger partial charge is 0.0882 e. The summed E-state index contributed by atoms with van der Waals surface area (Å²) in [7, 11) is 0. The number of allylic oxidation sites excluding steroid dienone is 4. The Hall–Kier alpha value is -0.520. The summed E-state index contributed by atoms with van der Waals surface area (Å²) in [4.78, 5) is 0. The van der Waals surface area contributed by atoms with E-state index in [0.717, 1.165) is 5.92 Å². The highest BCUT2D eigenvalue weighted by Gasteiger charge is 2.02. The zero-order valence-electron chi connectivity index (χ0n) is 7.64. The van der Waals surface area contributed by atoms with E-state index in [4.69, 9.17) is 0 Å². The van der Waals surface area contributed by atoms with Crippen molar-refractivity contribution in [2.45, 2.75) is 39.5 Å². The van der Waals surface area contributed by atoms with Crippen molar-refractivity contribution < 1.29 is 0 Å². The molecule has 0 N–H and O–H groups in total. The summed E-state index contributed by atoms with van der Waals surface area (Å²) in [6.45, 7) is 4.58. The van der Waals surface area contributed by atoms with Crippen LogP contribution in [0.1, 0.15) is 39.5 Å². The van der Waals surface area contributed by atoms with Crippen LogP contribution in [0.15, 0.2) is 23.8 Å². The number of hydrogen-bond acceptors (Lipinski definition) is 0. The van der Waals surface area contributed by atoms with Gasteiger partial charge in [0.15, 0.2) is 0 Å². The van der Waals surface area contributed by atoms with Crippen molar-refractivity contribution in [3.05, 3.63) is 23.8 Å². The molecule has 1 rings (SSSR count). The molecule has 0 fully saturated rings. The molecule has 0 aliphatic heterocycles. The Morgan fingerprint density at radius 1 is 1.09 bits per heavy atom. The smallest absolute Gasteiger partial charge is 0.0260 e. The summed E-state index contributed by atoms with van der Waals surface area (Å²) < 4.78 is 0. The second kappa shape index (κ2) is 4.38. The molecule has 0 aromatic rings. The molecule has 0 heterocycles. The molecule has 0 nitrogen and oxygen atoms in total. The van der Waals surface area contributed by atoms with E-state index < -0.39 is 0 Å². The second-order valence-corrected chi connectivity index (χ2v) is 3.52. The molecule has 0 radical (unpaired) electrons. The van der Waals surface area contributed by atoms with Crippen LogP contribution in [0.4, 0.5) is 0 Å². The Balaban J connectivity index is 2.50. The zero-order chi connectivity index (χ0) is 8.10. The first-order chi connectivity index (χ1) is 5.30. The van der Waals surface area contributed by atoms with Crippen LogP contribution in [0, 0.1) is 5.92 Å². The standard InChI is InChI=1S/C11H18/c1-10(2)11-8-6-4-3-5-7-9-11/h3-4,9-10H,5-8H2,1-2H3. The maximum absolute atomic E-state index is 2.42. The predicted octanol–water partition coefficient (Wildman–Crippen LogP) is 3.70. The van der Waals surface area contributed by atoms with Gasteiger partial charge in [0.2, 0.25) is 0 Å². The maximum atomic E-state index is 2.42. The Morgan fingerprint density at radius 3 is 2.55 bits per heavy atom. The average molecular weight is 150 g/mol. The van der Waals surface area contributed by atoms with Crippen molar-refractivity contribution in [2.24, 2.45) is 5.92 Å².